The Morgan fingerprint density at radius 1 is 1.08 bits per heavy atom. The number of hydrogen-bond acceptors (Lipinski definition) is 4. The second kappa shape index (κ2) is 8.11. The number of rotatable bonds is 6. The Bertz CT molecular complexity index is 880. The highest BCUT2D eigenvalue weighted by Crippen LogP contribution is 2.19. The van der Waals surface area contributed by atoms with E-state index in [-0.39, 0.29) is 17.4 Å². The van der Waals surface area contributed by atoms with Crippen molar-refractivity contribution >= 4 is 17.3 Å². The smallest absolute Gasteiger partial charge is 0.270 e. The lowest BCUT2D eigenvalue weighted by Gasteiger charge is -2.08. The van der Waals surface area contributed by atoms with Gasteiger partial charge in [0.05, 0.1) is 24.7 Å². The largest absolute Gasteiger partial charge is 0.497 e. The standard InChI is InChI=1S/C20H18FN3O2/c1-26-16-9-6-14(7-10-16)12-23-20(25)19-11-8-15(13-22-19)24-18-5-3-2-4-17(18)21/h2-11,13,24H,12H2,1H3,(H,23,25). The Balaban J connectivity index is 1.58. The molecule has 6 heteroatoms. The first kappa shape index (κ1) is 17.4. The van der Waals surface area contributed by atoms with E-state index in [4.69, 9.17) is 4.74 Å². The molecule has 0 fully saturated rings. The Hall–Kier alpha value is -3.41. The molecule has 0 saturated heterocycles. The van der Waals surface area contributed by atoms with Gasteiger partial charge in [-0.1, -0.05) is 24.3 Å². The summed E-state index contributed by atoms with van der Waals surface area (Å²) in [5.74, 6) is 0.131. The molecule has 1 heterocycles. The fourth-order valence-corrected chi connectivity index (χ4v) is 2.34. The van der Waals surface area contributed by atoms with E-state index in [0.717, 1.165) is 11.3 Å². The molecule has 1 amide bonds. The van der Waals surface area contributed by atoms with Gasteiger partial charge in [-0.2, -0.15) is 0 Å². The summed E-state index contributed by atoms with van der Waals surface area (Å²) >= 11 is 0. The van der Waals surface area contributed by atoms with E-state index in [9.17, 15) is 9.18 Å². The van der Waals surface area contributed by atoms with Gasteiger partial charge >= 0.3 is 0 Å². The molecular weight excluding hydrogens is 333 g/mol. The molecule has 0 unspecified atom stereocenters. The van der Waals surface area contributed by atoms with Gasteiger partial charge in [-0.15, -0.1) is 0 Å². The summed E-state index contributed by atoms with van der Waals surface area (Å²) in [6.45, 7) is 0.389. The maximum absolute atomic E-state index is 13.6. The second-order valence-corrected chi connectivity index (χ2v) is 5.57. The van der Waals surface area contributed by atoms with Crippen molar-refractivity contribution in [3.05, 3.63) is 83.9 Å². The highest BCUT2D eigenvalue weighted by molar-refractivity contribution is 5.92. The van der Waals surface area contributed by atoms with E-state index in [0.29, 0.717) is 17.9 Å². The van der Waals surface area contributed by atoms with E-state index in [2.05, 4.69) is 15.6 Å². The molecule has 2 N–H and O–H groups in total. The molecule has 0 aliphatic carbocycles. The highest BCUT2D eigenvalue weighted by Gasteiger charge is 2.08. The molecule has 0 spiro atoms. The zero-order valence-electron chi connectivity index (χ0n) is 14.2. The van der Waals surface area contributed by atoms with E-state index < -0.39 is 0 Å². The van der Waals surface area contributed by atoms with Gasteiger partial charge in [0.25, 0.3) is 5.91 Å². The fraction of sp³-hybridized carbons (Fsp3) is 0.100. The summed E-state index contributed by atoms with van der Waals surface area (Å²) in [6, 6.07) is 17.1. The van der Waals surface area contributed by atoms with Gasteiger partial charge in [0.15, 0.2) is 0 Å². The first-order valence-corrected chi connectivity index (χ1v) is 8.04. The number of pyridine rings is 1. The van der Waals surface area contributed by atoms with Gasteiger partial charge in [-0.3, -0.25) is 4.79 Å². The minimum Gasteiger partial charge on any atom is -0.497 e. The third kappa shape index (κ3) is 4.36. The molecule has 132 valence electrons. The quantitative estimate of drug-likeness (QED) is 0.707. The molecule has 5 nitrogen and oxygen atoms in total. The minimum atomic E-state index is -0.353. The highest BCUT2D eigenvalue weighted by atomic mass is 19.1. The number of nitrogens with zero attached hydrogens (tertiary/aromatic N) is 1. The van der Waals surface area contributed by atoms with Crippen molar-refractivity contribution in [2.75, 3.05) is 12.4 Å². The van der Waals surface area contributed by atoms with Crippen LogP contribution >= 0.6 is 0 Å². The number of aromatic nitrogens is 1. The summed E-state index contributed by atoms with van der Waals surface area (Å²) in [6.07, 6.45) is 1.49. The monoisotopic (exact) mass is 351 g/mol. The lowest BCUT2D eigenvalue weighted by Crippen LogP contribution is -2.23. The summed E-state index contributed by atoms with van der Waals surface area (Å²) in [4.78, 5) is 16.3. The number of para-hydroxylation sites is 1. The van der Waals surface area contributed by atoms with E-state index in [1.165, 1.54) is 12.3 Å². The van der Waals surface area contributed by atoms with Crippen molar-refractivity contribution in [2.24, 2.45) is 0 Å². The normalized spacial score (nSPS) is 10.2. The minimum absolute atomic E-state index is 0.279. The van der Waals surface area contributed by atoms with Crippen molar-refractivity contribution in [3.63, 3.8) is 0 Å². The molecule has 0 saturated carbocycles. The van der Waals surface area contributed by atoms with E-state index in [1.807, 2.05) is 24.3 Å². The first-order chi connectivity index (χ1) is 12.7. The van der Waals surface area contributed by atoms with Crippen LogP contribution in [0, 0.1) is 5.82 Å². The zero-order valence-corrected chi connectivity index (χ0v) is 14.2. The van der Waals surface area contributed by atoms with Crippen LogP contribution in [-0.2, 0) is 6.54 Å². The Labute approximate surface area is 150 Å². The average Bonchev–Trinajstić information content (AvgIpc) is 2.69. The lowest BCUT2D eigenvalue weighted by molar-refractivity contribution is 0.0946. The molecule has 3 aromatic rings. The molecule has 3 rings (SSSR count). The summed E-state index contributed by atoms with van der Waals surface area (Å²) in [5, 5.41) is 5.73. The van der Waals surface area contributed by atoms with Crippen LogP contribution in [0.5, 0.6) is 5.75 Å². The Morgan fingerprint density at radius 2 is 1.85 bits per heavy atom. The summed E-state index contributed by atoms with van der Waals surface area (Å²) in [5.41, 5.74) is 2.20. The number of carbonyl (C=O) groups is 1. The van der Waals surface area contributed by atoms with E-state index >= 15 is 0 Å². The van der Waals surface area contributed by atoms with Crippen molar-refractivity contribution in [1.29, 1.82) is 0 Å². The van der Waals surface area contributed by atoms with Crippen LogP contribution in [0.15, 0.2) is 66.9 Å². The third-order valence-electron chi connectivity index (χ3n) is 3.76. The maximum atomic E-state index is 13.6. The average molecular weight is 351 g/mol. The van der Waals surface area contributed by atoms with Crippen LogP contribution in [-0.4, -0.2) is 18.0 Å². The van der Waals surface area contributed by atoms with Crippen LogP contribution in [0.3, 0.4) is 0 Å². The van der Waals surface area contributed by atoms with Crippen LogP contribution in [0.1, 0.15) is 16.1 Å². The number of anilines is 2. The van der Waals surface area contributed by atoms with Crippen LogP contribution in [0.4, 0.5) is 15.8 Å². The van der Waals surface area contributed by atoms with Gasteiger partial charge < -0.3 is 15.4 Å². The number of nitrogens with one attached hydrogen (secondary N) is 2. The van der Waals surface area contributed by atoms with Crippen molar-refractivity contribution < 1.29 is 13.9 Å². The number of ether oxygens (including phenoxy) is 1. The Morgan fingerprint density at radius 3 is 2.50 bits per heavy atom. The van der Waals surface area contributed by atoms with Gasteiger partial charge in [-0.05, 0) is 42.0 Å². The number of methoxy groups -OCH3 is 1. The molecule has 26 heavy (non-hydrogen) atoms. The molecule has 0 atom stereocenters. The SMILES string of the molecule is COc1ccc(CNC(=O)c2ccc(Nc3ccccc3F)cn2)cc1. The van der Waals surface area contributed by atoms with Crippen molar-refractivity contribution in [3.8, 4) is 5.75 Å². The van der Waals surface area contributed by atoms with Gasteiger partial charge in [-0.25, -0.2) is 9.37 Å². The molecule has 0 radical (unpaired) electrons. The molecule has 0 bridgehead atoms. The van der Waals surface area contributed by atoms with Crippen LogP contribution < -0.4 is 15.4 Å². The molecule has 0 aliphatic rings. The van der Waals surface area contributed by atoms with Crippen LogP contribution in [0.25, 0.3) is 0 Å². The molecule has 0 aliphatic heterocycles. The topological polar surface area (TPSA) is 63.2 Å². The molecular formula is C20H18FN3O2. The number of benzene rings is 2. The van der Waals surface area contributed by atoms with Gasteiger partial charge in [0.2, 0.25) is 0 Å². The number of amides is 1. The van der Waals surface area contributed by atoms with Gasteiger partial charge in [0.1, 0.15) is 17.3 Å². The Kier molecular flexibility index (Phi) is 5.43. The summed E-state index contributed by atoms with van der Waals surface area (Å²) in [7, 11) is 1.60. The number of carbonyl (C=O) groups excluding carboxylic acids is 1. The van der Waals surface area contributed by atoms with Gasteiger partial charge in [0, 0.05) is 6.54 Å². The third-order valence-corrected chi connectivity index (χ3v) is 3.76. The number of halogens is 1. The zero-order chi connectivity index (χ0) is 18.4. The molecule has 2 aromatic carbocycles. The predicted octanol–water partition coefficient (Wildman–Crippen LogP) is 3.90. The van der Waals surface area contributed by atoms with Crippen LogP contribution in [0.2, 0.25) is 0 Å². The summed E-state index contributed by atoms with van der Waals surface area (Å²) < 4.78 is 18.7. The predicted molar refractivity (Wildman–Crippen MR) is 98.1 cm³/mol. The van der Waals surface area contributed by atoms with Crippen molar-refractivity contribution in [2.45, 2.75) is 6.54 Å². The van der Waals surface area contributed by atoms with Crippen molar-refractivity contribution in [1.82, 2.24) is 10.3 Å². The second-order valence-electron chi connectivity index (χ2n) is 5.57. The first-order valence-electron chi connectivity index (χ1n) is 8.04. The maximum Gasteiger partial charge on any atom is 0.270 e. The van der Waals surface area contributed by atoms with E-state index in [1.54, 1.807) is 37.4 Å². The fourth-order valence-electron chi connectivity index (χ4n) is 2.34. The molecule has 1 aromatic heterocycles. The lowest BCUT2D eigenvalue weighted by atomic mass is 10.2. The number of hydrogen-bond donors (Lipinski definition) is 2.